The number of benzene rings is 2. The maximum atomic E-state index is 11.0. The van der Waals surface area contributed by atoms with Crippen LogP contribution in [0.4, 0.5) is 0 Å². The van der Waals surface area contributed by atoms with E-state index in [0.29, 0.717) is 0 Å². The molecule has 25 heavy (non-hydrogen) atoms. The third kappa shape index (κ3) is 8.21. The van der Waals surface area contributed by atoms with Gasteiger partial charge in [0, 0.05) is 10.8 Å². The molecule has 0 bridgehead atoms. The third-order valence-electron chi connectivity index (χ3n) is 2.38. The minimum Gasteiger partial charge on any atom is -0.744 e. The summed E-state index contributed by atoms with van der Waals surface area (Å²) < 4.78 is 66.1. The van der Waals surface area contributed by atoms with Crippen LogP contribution in [0.5, 0.6) is 0 Å². The molecule has 0 aromatic heterocycles. The van der Waals surface area contributed by atoms with Gasteiger partial charge >= 0.3 is 19.5 Å². The van der Waals surface area contributed by atoms with Gasteiger partial charge in [0.05, 0.1) is 9.79 Å². The second-order valence-corrected chi connectivity index (χ2v) is 6.21. The first-order chi connectivity index (χ1) is 8.21. The number of hydrogen-bond donors (Lipinski definition) is 0. The fourth-order valence-electron chi connectivity index (χ4n) is 1.69. The van der Waals surface area contributed by atoms with Gasteiger partial charge in [0.2, 0.25) is 0 Å². The van der Waals surface area contributed by atoms with Gasteiger partial charge < -0.3 is 42.0 Å². The largest absolute Gasteiger partial charge is 2.00 e. The second-order valence-electron chi connectivity index (χ2n) is 3.52. The first-order valence-corrected chi connectivity index (χ1v) is 7.46. The predicted octanol–water partition coefficient (Wildman–Crippen LogP) is -4.89. The Hall–Kier alpha value is -1.10. The van der Waals surface area contributed by atoms with Crippen LogP contribution in [0.2, 0.25) is 0 Å². The third-order valence-corrected chi connectivity index (χ3v) is 4.17. The summed E-state index contributed by atoms with van der Waals surface area (Å²) in [6.45, 7) is 0. The van der Waals surface area contributed by atoms with Crippen LogP contribution in [0.1, 0.15) is 0 Å². The summed E-state index contributed by atoms with van der Waals surface area (Å²) in [4.78, 5) is -1.10. The van der Waals surface area contributed by atoms with Gasteiger partial charge in [0.1, 0.15) is 20.2 Å². The SMILES string of the molecule is O=S(=O)([O-])c1cccc2c(S(=O)(=O)[O-])cccc12.[OH3+].[OH3+].[OH3+].[OH3+].[OH3+].[OH3+].[Zn+2]. The smallest absolute Gasteiger partial charge is 0.744 e. The van der Waals surface area contributed by atoms with Gasteiger partial charge in [-0.2, -0.15) is 0 Å². The Morgan fingerprint density at radius 1 is 0.560 bits per heavy atom. The van der Waals surface area contributed by atoms with Crippen molar-refractivity contribution in [2.45, 2.75) is 9.79 Å². The molecule has 0 spiro atoms. The van der Waals surface area contributed by atoms with Gasteiger partial charge in [-0.15, -0.1) is 0 Å². The van der Waals surface area contributed by atoms with Crippen molar-refractivity contribution < 1.29 is 78.3 Å². The molecule has 0 saturated carbocycles. The Balaban J connectivity index is -0.000000129. The molecule has 0 aliphatic carbocycles. The van der Waals surface area contributed by atoms with Crippen LogP contribution in [0, 0.1) is 0 Å². The molecule has 15 heteroatoms. The number of hydrogen-bond acceptors (Lipinski definition) is 6. The zero-order valence-electron chi connectivity index (χ0n) is 12.9. The van der Waals surface area contributed by atoms with E-state index < -0.39 is 30.0 Å². The van der Waals surface area contributed by atoms with Crippen molar-refractivity contribution in [3.8, 4) is 0 Å². The molecule has 0 aliphatic heterocycles. The molecule has 0 atom stereocenters. The Kier molecular flexibility index (Phi) is 20.6. The first-order valence-electron chi connectivity index (χ1n) is 4.65. The number of rotatable bonds is 2. The molecule has 18 N–H and O–H groups in total. The summed E-state index contributed by atoms with van der Waals surface area (Å²) in [5.74, 6) is 0. The van der Waals surface area contributed by atoms with Crippen LogP contribution in [-0.2, 0) is 72.6 Å². The van der Waals surface area contributed by atoms with Crippen molar-refractivity contribution in [3.05, 3.63) is 36.4 Å². The van der Waals surface area contributed by atoms with Crippen molar-refractivity contribution in [2.75, 3.05) is 0 Å². The minimum absolute atomic E-state index is 0. The topological polar surface area (TPSA) is 312 Å². The summed E-state index contributed by atoms with van der Waals surface area (Å²) in [5.41, 5.74) is 0. The summed E-state index contributed by atoms with van der Waals surface area (Å²) in [5, 5.41) is -0.158. The van der Waals surface area contributed by atoms with Crippen LogP contribution in [-0.4, -0.2) is 25.9 Å². The maximum absolute atomic E-state index is 11.0. The Morgan fingerprint density at radius 3 is 1.00 bits per heavy atom. The van der Waals surface area contributed by atoms with E-state index >= 15 is 0 Å². The van der Waals surface area contributed by atoms with E-state index in [9.17, 15) is 25.9 Å². The van der Waals surface area contributed by atoms with E-state index in [-0.39, 0.29) is 63.1 Å². The van der Waals surface area contributed by atoms with E-state index in [4.69, 9.17) is 0 Å². The van der Waals surface area contributed by atoms with Gasteiger partial charge in [-0.3, -0.25) is 0 Å². The monoisotopic (exact) mass is 464 g/mol. The maximum Gasteiger partial charge on any atom is 2.00 e. The molecular weight excluding hydrogens is 442 g/mol. The zero-order chi connectivity index (χ0) is 13.6. The molecule has 0 saturated heterocycles. The second kappa shape index (κ2) is 13.2. The fraction of sp³-hybridized carbons (Fsp3) is 0. The van der Waals surface area contributed by atoms with E-state index in [1.165, 1.54) is 24.3 Å². The normalized spacial score (nSPS) is 9.20. The van der Waals surface area contributed by atoms with Crippen LogP contribution in [0.25, 0.3) is 10.8 Å². The molecule has 2 aromatic carbocycles. The van der Waals surface area contributed by atoms with Crippen LogP contribution in [0.15, 0.2) is 46.2 Å². The summed E-state index contributed by atoms with van der Waals surface area (Å²) in [6.07, 6.45) is 0. The number of fused-ring (bicyclic) bond motifs is 1. The average Bonchev–Trinajstić information content (AvgIpc) is 2.24. The van der Waals surface area contributed by atoms with Crippen molar-refractivity contribution in [3.63, 3.8) is 0 Å². The molecule has 0 radical (unpaired) electrons. The molecule has 0 fully saturated rings. The van der Waals surface area contributed by atoms with E-state index in [1.807, 2.05) is 0 Å². The van der Waals surface area contributed by atoms with Gasteiger partial charge in [0.15, 0.2) is 0 Å². The standard InChI is InChI=1S/C10H8O6S2.6H2O.Zn/c11-17(12,13)9-5-1-3-7-8(9)4-2-6-10(7)18(14,15)16;;;;;;;/h1-6H,(H,11,12,13)(H,14,15,16);6*1H2;/q;;;;;;;+2/p+4. The van der Waals surface area contributed by atoms with Gasteiger partial charge in [-0.05, 0) is 12.1 Å². The molecule has 144 valence electrons. The van der Waals surface area contributed by atoms with Crippen LogP contribution in [0.3, 0.4) is 0 Å². The molecule has 0 amide bonds. The minimum atomic E-state index is -4.74. The fourth-order valence-corrected chi connectivity index (χ4v) is 3.07. The predicted molar refractivity (Wildman–Crippen MR) is 89.1 cm³/mol. The molecule has 12 nitrogen and oxygen atoms in total. The molecule has 0 unspecified atom stereocenters. The van der Waals surface area contributed by atoms with E-state index in [0.717, 1.165) is 12.1 Å². The van der Waals surface area contributed by atoms with E-state index in [2.05, 4.69) is 0 Å². The molecule has 2 aromatic rings. The average molecular weight is 466 g/mol. The molecular formula is C10H24O12S2Zn+6. The van der Waals surface area contributed by atoms with Crippen molar-refractivity contribution >= 4 is 31.0 Å². The molecule has 0 aliphatic rings. The Morgan fingerprint density at radius 2 is 0.800 bits per heavy atom. The summed E-state index contributed by atoms with van der Waals surface area (Å²) in [7, 11) is -9.48. The summed E-state index contributed by atoms with van der Waals surface area (Å²) >= 11 is 0. The Bertz CT molecular complexity index is 763. The molecule has 2 rings (SSSR count). The van der Waals surface area contributed by atoms with Gasteiger partial charge in [-0.25, -0.2) is 16.8 Å². The van der Waals surface area contributed by atoms with Crippen molar-refractivity contribution in [2.24, 2.45) is 0 Å². The Labute approximate surface area is 155 Å². The van der Waals surface area contributed by atoms with Gasteiger partial charge in [0.25, 0.3) is 0 Å². The van der Waals surface area contributed by atoms with Crippen LogP contribution < -0.4 is 0 Å². The van der Waals surface area contributed by atoms with Crippen molar-refractivity contribution in [1.29, 1.82) is 0 Å². The van der Waals surface area contributed by atoms with E-state index in [1.54, 1.807) is 0 Å². The first kappa shape index (κ1) is 39.1. The quantitative estimate of drug-likeness (QED) is 0.237. The molecule has 0 heterocycles. The van der Waals surface area contributed by atoms with Gasteiger partial charge in [-0.1, -0.05) is 24.3 Å². The van der Waals surface area contributed by atoms with Crippen LogP contribution >= 0.6 is 0 Å². The van der Waals surface area contributed by atoms with Crippen molar-refractivity contribution in [1.82, 2.24) is 0 Å². The zero-order valence-corrected chi connectivity index (χ0v) is 17.5. The summed E-state index contributed by atoms with van der Waals surface area (Å²) in [6, 6.07) is 7.09.